The third-order valence-corrected chi connectivity index (χ3v) is 4.58. The van der Waals surface area contributed by atoms with Gasteiger partial charge in [0.1, 0.15) is 16.4 Å². The zero-order chi connectivity index (χ0) is 20.4. The average molecular weight is 413 g/mol. The molecular formula is C17H21ClN4O4S. The highest BCUT2D eigenvalue weighted by atomic mass is 35.5. The maximum atomic E-state index is 12.3. The summed E-state index contributed by atoms with van der Waals surface area (Å²) in [5, 5.41) is 6.25. The predicted octanol–water partition coefficient (Wildman–Crippen LogP) is 2.69. The Labute approximate surface area is 163 Å². The highest BCUT2D eigenvalue weighted by molar-refractivity contribution is 7.87. The normalized spacial score (nSPS) is 10.2. The molecule has 0 unspecified atom stereocenters. The van der Waals surface area contributed by atoms with Crippen LogP contribution in [0, 0.1) is 6.92 Å². The number of benzene rings is 2. The summed E-state index contributed by atoms with van der Waals surface area (Å²) in [5.41, 5.74) is 10.4. The van der Waals surface area contributed by atoms with Crippen LogP contribution in [0.25, 0.3) is 0 Å². The second-order valence-corrected chi connectivity index (χ2v) is 6.97. The second-order valence-electron chi connectivity index (χ2n) is 5.05. The number of rotatable bonds is 6. The molecule has 0 radical (unpaired) electrons. The van der Waals surface area contributed by atoms with E-state index in [-0.39, 0.29) is 21.6 Å². The van der Waals surface area contributed by atoms with E-state index in [9.17, 15) is 8.42 Å². The van der Waals surface area contributed by atoms with E-state index in [1.54, 1.807) is 24.3 Å². The molecule has 0 spiro atoms. The Bertz CT molecular complexity index is 913. The Morgan fingerprint density at radius 2 is 1.81 bits per heavy atom. The Hall–Kier alpha value is -2.78. The van der Waals surface area contributed by atoms with Gasteiger partial charge in [0.05, 0.1) is 11.6 Å². The first-order valence-electron chi connectivity index (χ1n) is 7.67. The van der Waals surface area contributed by atoms with Crippen molar-refractivity contribution in [2.75, 3.05) is 6.61 Å². The van der Waals surface area contributed by atoms with Crippen LogP contribution >= 0.6 is 11.6 Å². The van der Waals surface area contributed by atoms with Crippen molar-refractivity contribution in [1.82, 2.24) is 0 Å². The minimum absolute atomic E-state index is 0.0638. The minimum atomic E-state index is -3.98. The Morgan fingerprint density at radius 3 is 2.33 bits per heavy atom. The van der Waals surface area contributed by atoms with Crippen LogP contribution < -0.4 is 20.4 Å². The smallest absolute Gasteiger partial charge is 0.340 e. The molecule has 0 aliphatic rings. The van der Waals surface area contributed by atoms with Crippen molar-refractivity contribution in [3.8, 4) is 11.5 Å². The zero-order valence-electron chi connectivity index (χ0n) is 14.9. The van der Waals surface area contributed by atoms with Crippen molar-refractivity contribution >= 4 is 34.4 Å². The molecule has 10 heteroatoms. The lowest BCUT2D eigenvalue weighted by atomic mass is 10.2. The van der Waals surface area contributed by atoms with Crippen molar-refractivity contribution in [2.45, 2.75) is 18.7 Å². The summed E-state index contributed by atoms with van der Waals surface area (Å²) in [4.78, 5) is -0.0638. The number of hydrogen-bond donors (Lipinski definition) is 2. The second kappa shape index (κ2) is 10.4. The number of aryl methyl sites for hydroxylation is 1. The highest BCUT2D eigenvalue weighted by Crippen LogP contribution is 2.28. The lowest BCUT2D eigenvalue weighted by molar-refractivity contribution is 0.338. The van der Waals surface area contributed by atoms with Crippen LogP contribution in [0.3, 0.4) is 0 Å². The first kappa shape index (κ1) is 22.3. The molecule has 0 aromatic heterocycles. The van der Waals surface area contributed by atoms with Gasteiger partial charge in [-0.25, -0.2) is 0 Å². The third kappa shape index (κ3) is 7.55. The fourth-order valence-corrected chi connectivity index (χ4v) is 3.32. The number of nitrogens with zero attached hydrogens (tertiary/aromatic N) is 2. The van der Waals surface area contributed by atoms with E-state index in [2.05, 4.69) is 16.9 Å². The molecule has 0 amide bonds. The monoisotopic (exact) mass is 412 g/mol. The predicted molar refractivity (Wildman–Crippen MR) is 107 cm³/mol. The van der Waals surface area contributed by atoms with E-state index >= 15 is 0 Å². The molecule has 0 bridgehead atoms. The fraction of sp³-hybridized carbons (Fsp3) is 0.176. The minimum Gasteiger partial charge on any atom is -0.494 e. The molecule has 0 saturated carbocycles. The van der Waals surface area contributed by atoms with Gasteiger partial charge in [-0.3, -0.25) is 0 Å². The zero-order valence-corrected chi connectivity index (χ0v) is 16.5. The maximum Gasteiger partial charge on any atom is 0.340 e. The summed E-state index contributed by atoms with van der Waals surface area (Å²) >= 11 is 5.90. The van der Waals surface area contributed by atoms with E-state index in [1.807, 2.05) is 13.8 Å². The number of halogens is 1. The van der Waals surface area contributed by atoms with Crippen LogP contribution in [-0.4, -0.2) is 27.7 Å². The van der Waals surface area contributed by atoms with Crippen LogP contribution in [0.2, 0.25) is 5.02 Å². The van der Waals surface area contributed by atoms with Gasteiger partial charge in [0.15, 0.2) is 0 Å². The van der Waals surface area contributed by atoms with Gasteiger partial charge in [-0.1, -0.05) is 23.7 Å². The SMILES string of the molecule is C=NN=C(N)N.CCOc1cc(C)cc(OS(=O)(=O)c2ccccc2Cl)c1. The van der Waals surface area contributed by atoms with Crippen LogP contribution in [0.15, 0.2) is 57.6 Å². The van der Waals surface area contributed by atoms with E-state index in [0.29, 0.717) is 12.4 Å². The summed E-state index contributed by atoms with van der Waals surface area (Å²) in [6.07, 6.45) is 0. The van der Waals surface area contributed by atoms with Gasteiger partial charge in [-0.15, -0.1) is 5.10 Å². The standard InChI is InChI=1S/C15H15ClO4S.C2H6N4/c1-3-19-12-8-11(2)9-13(10-12)20-21(17,18)15-7-5-4-6-14(15)16;1-5-6-2(3)4/h4-10H,3H2,1-2H3;1H2,(H4,3,4,6). The quantitative estimate of drug-likeness (QED) is 0.324. The molecule has 0 atom stereocenters. The Balaban J connectivity index is 0.000000527. The molecule has 2 rings (SSSR count). The first-order chi connectivity index (χ1) is 12.7. The summed E-state index contributed by atoms with van der Waals surface area (Å²) in [6, 6.07) is 11.1. The molecule has 146 valence electrons. The molecule has 0 aliphatic heterocycles. The summed E-state index contributed by atoms with van der Waals surface area (Å²) in [7, 11) is -3.98. The lowest BCUT2D eigenvalue weighted by Gasteiger charge is -2.11. The molecule has 0 aliphatic carbocycles. The average Bonchev–Trinajstić information content (AvgIpc) is 2.54. The lowest BCUT2D eigenvalue weighted by Crippen LogP contribution is -2.21. The molecule has 2 aromatic rings. The van der Waals surface area contributed by atoms with Crippen molar-refractivity contribution in [3.63, 3.8) is 0 Å². The van der Waals surface area contributed by atoms with Crippen molar-refractivity contribution in [1.29, 1.82) is 0 Å². The van der Waals surface area contributed by atoms with Crippen LogP contribution in [0.1, 0.15) is 12.5 Å². The van der Waals surface area contributed by atoms with Crippen LogP contribution in [0.4, 0.5) is 0 Å². The number of guanidine groups is 1. The summed E-state index contributed by atoms with van der Waals surface area (Å²) < 4.78 is 35.0. The van der Waals surface area contributed by atoms with E-state index in [4.69, 9.17) is 32.0 Å². The maximum absolute atomic E-state index is 12.3. The van der Waals surface area contributed by atoms with Gasteiger partial charge in [0.2, 0.25) is 5.96 Å². The molecule has 0 heterocycles. The van der Waals surface area contributed by atoms with Gasteiger partial charge in [-0.2, -0.15) is 13.5 Å². The largest absolute Gasteiger partial charge is 0.494 e. The Morgan fingerprint density at radius 1 is 1.19 bits per heavy atom. The first-order valence-corrected chi connectivity index (χ1v) is 9.46. The van der Waals surface area contributed by atoms with Gasteiger partial charge < -0.3 is 20.4 Å². The van der Waals surface area contributed by atoms with Crippen molar-refractivity contribution < 1.29 is 17.3 Å². The number of hydrogen-bond acceptors (Lipinski definition) is 6. The van der Waals surface area contributed by atoms with Crippen LogP contribution in [-0.2, 0) is 10.1 Å². The van der Waals surface area contributed by atoms with E-state index in [1.165, 1.54) is 18.2 Å². The molecule has 4 N–H and O–H groups in total. The van der Waals surface area contributed by atoms with Crippen molar-refractivity contribution in [2.24, 2.45) is 21.7 Å². The van der Waals surface area contributed by atoms with Crippen molar-refractivity contribution in [3.05, 3.63) is 53.1 Å². The third-order valence-electron chi connectivity index (χ3n) is 2.83. The number of ether oxygens (including phenoxy) is 1. The van der Waals surface area contributed by atoms with E-state index < -0.39 is 10.1 Å². The topological polar surface area (TPSA) is 129 Å². The van der Waals surface area contributed by atoms with Gasteiger partial charge in [0, 0.05) is 12.8 Å². The molecule has 8 nitrogen and oxygen atoms in total. The molecule has 27 heavy (non-hydrogen) atoms. The number of nitrogens with two attached hydrogens (primary N) is 2. The Kier molecular flexibility index (Phi) is 8.57. The molecular weight excluding hydrogens is 392 g/mol. The van der Waals surface area contributed by atoms with Gasteiger partial charge in [0.25, 0.3) is 0 Å². The highest BCUT2D eigenvalue weighted by Gasteiger charge is 2.20. The molecule has 0 fully saturated rings. The van der Waals surface area contributed by atoms with Gasteiger partial charge in [-0.05, 0) is 43.7 Å². The molecule has 2 aromatic carbocycles. The van der Waals surface area contributed by atoms with Crippen LogP contribution in [0.5, 0.6) is 11.5 Å². The summed E-state index contributed by atoms with van der Waals surface area (Å²) in [6.45, 7) is 7.17. The molecule has 0 saturated heterocycles. The van der Waals surface area contributed by atoms with Gasteiger partial charge >= 0.3 is 10.1 Å². The van der Waals surface area contributed by atoms with E-state index in [0.717, 1.165) is 5.56 Å². The fourth-order valence-electron chi connectivity index (χ4n) is 1.91. The summed E-state index contributed by atoms with van der Waals surface area (Å²) in [5.74, 6) is 0.685.